The van der Waals surface area contributed by atoms with E-state index in [0.29, 0.717) is 5.56 Å². The number of thiophene rings is 1. The molecule has 0 amide bonds. The Morgan fingerprint density at radius 1 is 1.12 bits per heavy atom. The Hall–Kier alpha value is -0.780. The summed E-state index contributed by atoms with van der Waals surface area (Å²) >= 11 is 4.83. The second-order valence-corrected chi connectivity index (χ2v) is 5.63. The molecule has 0 saturated carbocycles. The summed E-state index contributed by atoms with van der Waals surface area (Å²) in [5.41, 5.74) is 7.38. The third-order valence-corrected chi connectivity index (χ3v) is 3.77. The molecule has 1 heterocycles. The monoisotopic (exact) mass is 303 g/mol. The topological polar surface area (TPSA) is 26.0 Å². The number of halogens is 3. The van der Waals surface area contributed by atoms with Crippen molar-refractivity contribution in [1.82, 2.24) is 0 Å². The summed E-state index contributed by atoms with van der Waals surface area (Å²) in [6, 6.07) is 5.15. The lowest BCUT2D eigenvalue weighted by atomic mass is 10.0. The molecule has 1 atom stereocenters. The fourth-order valence-electron chi connectivity index (χ4n) is 1.38. The third-order valence-electron chi connectivity index (χ3n) is 2.25. The summed E-state index contributed by atoms with van der Waals surface area (Å²) in [5, 5.41) is 1.88. The number of hydrogen-bond acceptors (Lipinski definition) is 2. The van der Waals surface area contributed by atoms with Gasteiger partial charge in [0.1, 0.15) is 0 Å². The maximum absolute atomic E-state index is 13.0. The minimum absolute atomic E-state index is 0.433. The van der Waals surface area contributed by atoms with Crippen molar-refractivity contribution in [1.29, 1.82) is 0 Å². The van der Waals surface area contributed by atoms with E-state index >= 15 is 0 Å². The third kappa shape index (κ3) is 2.31. The highest BCUT2D eigenvalue weighted by atomic mass is 79.9. The Morgan fingerprint density at radius 3 is 2.44 bits per heavy atom. The van der Waals surface area contributed by atoms with E-state index in [-0.39, 0.29) is 0 Å². The molecule has 2 aromatic rings. The van der Waals surface area contributed by atoms with Crippen LogP contribution < -0.4 is 5.73 Å². The molecule has 1 unspecified atom stereocenters. The number of rotatable bonds is 2. The average Bonchev–Trinajstić information content (AvgIpc) is 2.68. The molecular formula is C11H8BrF2NS. The summed E-state index contributed by atoms with van der Waals surface area (Å²) in [6.07, 6.45) is 0. The van der Waals surface area contributed by atoms with Gasteiger partial charge in [-0.2, -0.15) is 0 Å². The highest BCUT2D eigenvalue weighted by Gasteiger charge is 2.12. The maximum Gasteiger partial charge on any atom is 0.159 e. The van der Waals surface area contributed by atoms with Crippen LogP contribution in [0.5, 0.6) is 0 Å². The molecule has 1 aromatic carbocycles. The van der Waals surface area contributed by atoms with Crippen molar-refractivity contribution < 1.29 is 8.78 Å². The summed E-state index contributed by atoms with van der Waals surface area (Å²) in [6.45, 7) is 0. The van der Waals surface area contributed by atoms with Crippen molar-refractivity contribution in [3.63, 3.8) is 0 Å². The highest BCUT2D eigenvalue weighted by Crippen LogP contribution is 2.28. The molecule has 1 nitrogen and oxygen atoms in total. The minimum Gasteiger partial charge on any atom is -0.320 e. The first-order valence-corrected chi connectivity index (χ1v) is 6.19. The lowest BCUT2D eigenvalue weighted by molar-refractivity contribution is 0.506. The molecule has 0 aliphatic heterocycles. The van der Waals surface area contributed by atoms with Gasteiger partial charge in [0.2, 0.25) is 0 Å². The fourth-order valence-corrected chi connectivity index (χ4v) is 2.60. The van der Waals surface area contributed by atoms with Crippen molar-refractivity contribution in [2.75, 3.05) is 0 Å². The standard InChI is InChI=1S/C11H8BrF2NS/c12-10-4-7(5-16-10)11(15)6-1-2-8(13)9(14)3-6/h1-5,11H,15H2. The summed E-state index contributed by atoms with van der Waals surface area (Å²) in [7, 11) is 0. The van der Waals surface area contributed by atoms with Gasteiger partial charge in [-0.1, -0.05) is 6.07 Å². The highest BCUT2D eigenvalue weighted by molar-refractivity contribution is 9.11. The van der Waals surface area contributed by atoms with E-state index in [1.165, 1.54) is 17.4 Å². The van der Waals surface area contributed by atoms with Crippen LogP contribution in [0, 0.1) is 11.6 Å². The second-order valence-electron chi connectivity index (χ2n) is 3.34. The van der Waals surface area contributed by atoms with E-state index in [4.69, 9.17) is 5.73 Å². The molecule has 0 radical (unpaired) electrons. The smallest absolute Gasteiger partial charge is 0.159 e. The average molecular weight is 304 g/mol. The Kier molecular flexibility index (Phi) is 3.37. The van der Waals surface area contributed by atoms with Gasteiger partial charge in [0.15, 0.2) is 11.6 Å². The molecule has 84 valence electrons. The van der Waals surface area contributed by atoms with Crippen LogP contribution in [0.2, 0.25) is 0 Å². The number of benzene rings is 1. The van der Waals surface area contributed by atoms with Crippen LogP contribution in [0.1, 0.15) is 17.2 Å². The normalized spacial score (nSPS) is 12.8. The summed E-state index contributed by atoms with van der Waals surface area (Å²) in [4.78, 5) is 0. The van der Waals surface area contributed by atoms with E-state index in [1.807, 2.05) is 11.4 Å². The largest absolute Gasteiger partial charge is 0.320 e. The van der Waals surface area contributed by atoms with Crippen LogP contribution in [0.25, 0.3) is 0 Å². The van der Waals surface area contributed by atoms with E-state index in [9.17, 15) is 8.78 Å². The predicted molar refractivity (Wildman–Crippen MR) is 64.4 cm³/mol. The zero-order chi connectivity index (χ0) is 11.7. The molecule has 0 aliphatic rings. The van der Waals surface area contributed by atoms with Crippen LogP contribution in [-0.4, -0.2) is 0 Å². The maximum atomic E-state index is 13.0. The molecule has 0 fully saturated rings. The van der Waals surface area contributed by atoms with Gasteiger partial charge in [0.25, 0.3) is 0 Å². The Balaban J connectivity index is 2.33. The first-order valence-electron chi connectivity index (χ1n) is 4.52. The Morgan fingerprint density at radius 2 is 1.88 bits per heavy atom. The van der Waals surface area contributed by atoms with E-state index in [2.05, 4.69) is 15.9 Å². The fraction of sp³-hybridized carbons (Fsp3) is 0.0909. The molecule has 1 aromatic heterocycles. The van der Waals surface area contributed by atoms with Crippen molar-refractivity contribution >= 4 is 27.3 Å². The van der Waals surface area contributed by atoms with Crippen LogP contribution in [-0.2, 0) is 0 Å². The molecular weight excluding hydrogens is 296 g/mol. The molecule has 2 N–H and O–H groups in total. The van der Waals surface area contributed by atoms with E-state index in [0.717, 1.165) is 21.5 Å². The van der Waals surface area contributed by atoms with Crippen molar-refractivity contribution in [2.45, 2.75) is 6.04 Å². The van der Waals surface area contributed by atoms with Crippen molar-refractivity contribution in [3.8, 4) is 0 Å². The van der Waals surface area contributed by atoms with Crippen LogP contribution in [0.3, 0.4) is 0 Å². The molecule has 16 heavy (non-hydrogen) atoms. The summed E-state index contributed by atoms with van der Waals surface area (Å²) < 4.78 is 26.7. The molecule has 5 heteroatoms. The Labute approximate surface area is 104 Å². The lowest BCUT2D eigenvalue weighted by Crippen LogP contribution is -2.11. The first-order chi connectivity index (χ1) is 7.58. The predicted octanol–water partition coefficient (Wildman–Crippen LogP) is 3.84. The molecule has 0 spiro atoms. The van der Waals surface area contributed by atoms with Gasteiger partial charge < -0.3 is 5.73 Å². The van der Waals surface area contributed by atoms with Gasteiger partial charge >= 0.3 is 0 Å². The minimum atomic E-state index is -0.873. The van der Waals surface area contributed by atoms with E-state index in [1.54, 1.807) is 0 Å². The number of hydrogen-bond donors (Lipinski definition) is 1. The number of nitrogens with two attached hydrogens (primary N) is 1. The van der Waals surface area contributed by atoms with Crippen molar-refractivity contribution in [3.05, 3.63) is 56.2 Å². The molecule has 0 aliphatic carbocycles. The Bertz CT molecular complexity index is 512. The molecule has 0 saturated heterocycles. The van der Waals surface area contributed by atoms with Gasteiger partial charge in [-0.25, -0.2) is 8.78 Å². The second kappa shape index (κ2) is 4.61. The van der Waals surface area contributed by atoms with E-state index < -0.39 is 17.7 Å². The quantitative estimate of drug-likeness (QED) is 0.896. The molecule has 0 bridgehead atoms. The summed E-state index contributed by atoms with van der Waals surface area (Å²) in [5.74, 6) is -1.73. The first kappa shape index (κ1) is 11.7. The SMILES string of the molecule is NC(c1csc(Br)c1)c1ccc(F)c(F)c1. The van der Waals surface area contributed by atoms with Crippen LogP contribution in [0.4, 0.5) is 8.78 Å². The van der Waals surface area contributed by atoms with Gasteiger partial charge in [-0.15, -0.1) is 11.3 Å². The molecule has 2 rings (SSSR count). The zero-order valence-corrected chi connectivity index (χ0v) is 10.5. The van der Waals surface area contributed by atoms with Crippen LogP contribution in [0.15, 0.2) is 33.4 Å². The van der Waals surface area contributed by atoms with Crippen LogP contribution >= 0.6 is 27.3 Å². The van der Waals surface area contributed by atoms with Gasteiger partial charge in [0.05, 0.1) is 9.83 Å². The van der Waals surface area contributed by atoms with Crippen molar-refractivity contribution in [2.24, 2.45) is 5.73 Å². The zero-order valence-electron chi connectivity index (χ0n) is 8.08. The van der Waals surface area contributed by atoms with Gasteiger partial charge in [-0.3, -0.25) is 0 Å². The van der Waals surface area contributed by atoms with Gasteiger partial charge in [0, 0.05) is 0 Å². The lowest BCUT2D eigenvalue weighted by Gasteiger charge is -2.10. The van der Waals surface area contributed by atoms with Gasteiger partial charge in [-0.05, 0) is 50.6 Å².